The fourth-order valence-corrected chi connectivity index (χ4v) is 4.16. The molecule has 0 amide bonds. The third-order valence-corrected chi connectivity index (χ3v) is 6.52. The Labute approximate surface area is 300 Å². The molecule has 1 unspecified atom stereocenters. The highest BCUT2D eigenvalue weighted by molar-refractivity contribution is 8.31. The van der Waals surface area contributed by atoms with Gasteiger partial charge < -0.3 is 24.0 Å². The van der Waals surface area contributed by atoms with Crippen LogP contribution < -0.4 is 5.64 Å². The number of rotatable bonds is 31. The Balaban J connectivity index is -0.00000364. The second kappa shape index (κ2) is 43.4. The van der Waals surface area contributed by atoms with E-state index in [-0.39, 0.29) is 30.7 Å². The first kappa shape index (κ1) is 50.7. The number of nitrogens with zero attached hydrogens (tertiary/aromatic N) is 2. The van der Waals surface area contributed by atoms with Crippen molar-refractivity contribution in [3.05, 3.63) is 0 Å². The molecule has 0 saturated heterocycles. The molecule has 1 atom stereocenters. The summed E-state index contributed by atoms with van der Waals surface area (Å²) >= 11 is 7.23. The minimum Gasteiger partial charge on any atom is -0.466 e. The molecule has 0 rings (SSSR count). The third-order valence-electron chi connectivity index (χ3n) is 6.52. The van der Waals surface area contributed by atoms with Gasteiger partial charge in [-0.15, -0.1) is 0 Å². The van der Waals surface area contributed by atoms with Crippen LogP contribution in [0.3, 0.4) is 0 Å². The van der Waals surface area contributed by atoms with Crippen LogP contribution >= 0.6 is 33.3 Å². The van der Waals surface area contributed by atoms with Crippen LogP contribution in [0, 0.1) is 0 Å². The van der Waals surface area contributed by atoms with Crippen LogP contribution in [0.1, 0.15) is 118 Å². The van der Waals surface area contributed by atoms with Crippen molar-refractivity contribution in [2.24, 2.45) is 0 Å². The highest BCUT2D eigenvalue weighted by Crippen LogP contribution is 2.07. The minimum atomic E-state index is -0.225. The lowest BCUT2D eigenvalue weighted by molar-refractivity contribution is -0.168. The Bertz CT molecular complexity index is 664. The Morgan fingerprint density at radius 3 is 1.43 bits per heavy atom. The van der Waals surface area contributed by atoms with E-state index < -0.39 is 0 Å². The maximum Gasteiger partial charge on any atom is 0.307 e. The number of carbonyl (C=O) groups excluding carboxylic acids is 3. The predicted molar refractivity (Wildman–Crippen MR) is 202 cm³/mol. The van der Waals surface area contributed by atoms with E-state index in [4.69, 9.17) is 23.9 Å². The number of carbonyl (C=O) groups is 3. The van der Waals surface area contributed by atoms with Crippen LogP contribution in [0.5, 0.6) is 0 Å². The number of hydrogen-bond acceptors (Lipinski definition) is 13. The SMILES string of the molecule is CCCCCCCCOC(=O)CCN(CCCONOCC)CCCN(CCC(=O)OCCC)CCC(=O)OCCC.CCS.PS. The molecule has 0 fully saturated rings. The molecule has 0 aromatic heterocycles. The highest BCUT2D eigenvalue weighted by Gasteiger charge is 2.14. The molecule has 0 aromatic carbocycles. The van der Waals surface area contributed by atoms with E-state index in [1.165, 1.54) is 25.7 Å². The van der Waals surface area contributed by atoms with Crippen LogP contribution in [0.2, 0.25) is 0 Å². The lowest BCUT2D eigenvalue weighted by Gasteiger charge is -2.25. The van der Waals surface area contributed by atoms with Crippen LogP contribution in [0.4, 0.5) is 0 Å². The van der Waals surface area contributed by atoms with Gasteiger partial charge in [0, 0.05) is 26.2 Å². The van der Waals surface area contributed by atoms with Crippen molar-refractivity contribution in [2.45, 2.75) is 118 Å². The summed E-state index contributed by atoms with van der Waals surface area (Å²) in [5, 5.41) is 0. The number of nitrogens with one attached hydrogen (secondary N) is 1. The summed E-state index contributed by atoms with van der Waals surface area (Å²) in [5.41, 5.74) is 2.46. The summed E-state index contributed by atoms with van der Waals surface area (Å²) in [6.45, 7) is 16.2. The van der Waals surface area contributed by atoms with E-state index in [2.05, 4.69) is 55.7 Å². The van der Waals surface area contributed by atoms with Gasteiger partial charge in [-0.25, -0.2) is 0 Å². The van der Waals surface area contributed by atoms with Gasteiger partial charge >= 0.3 is 17.9 Å². The van der Waals surface area contributed by atoms with Crippen molar-refractivity contribution in [2.75, 3.05) is 78.1 Å². The normalized spacial score (nSPS) is 10.6. The molecular formula is C33H70N3O8PS2. The lowest BCUT2D eigenvalue weighted by atomic mass is 10.1. The van der Waals surface area contributed by atoms with Crippen LogP contribution in [0.25, 0.3) is 0 Å². The van der Waals surface area contributed by atoms with Gasteiger partial charge in [-0.2, -0.15) is 24.9 Å². The maximum atomic E-state index is 12.4. The van der Waals surface area contributed by atoms with Gasteiger partial charge in [0.25, 0.3) is 0 Å². The fourth-order valence-electron chi connectivity index (χ4n) is 4.16. The molecule has 0 spiro atoms. The smallest absolute Gasteiger partial charge is 0.307 e. The van der Waals surface area contributed by atoms with Crippen LogP contribution in [-0.2, 0) is 38.3 Å². The largest absolute Gasteiger partial charge is 0.466 e. The molecule has 0 aliphatic heterocycles. The van der Waals surface area contributed by atoms with E-state index >= 15 is 0 Å². The number of hydrogen-bond donors (Lipinski definition) is 3. The molecule has 1 N–H and O–H groups in total. The van der Waals surface area contributed by atoms with Crippen LogP contribution in [-0.4, -0.2) is 106 Å². The van der Waals surface area contributed by atoms with Gasteiger partial charge in [0.1, 0.15) is 0 Å². The number of esters is 3. The Hall–Kier alpha value is -0.660. The van der Waals surface area contributed by atoms with Crippen molar-refractivity contribution in [1.82, 2.24) is 15.4 Å². The Morgan fingerprint density at radius 1 is 0.532 bits per heavy atom. The zero-order valence-corrected chi connectivity index (χ0v) is 33.3. The first-order valence-electron chi connectivity index (χ1n) is 17.6. The molecule has 47 heavy (non-hydrogen) atoms. The molecule has 0 heterocycles. The maximum absolute atomic E-state index is 12.4. The fraction of sp³-hybridized carbons (Fsp3) is 0.909. The average Bonchev–Trinajstić information content (AvgIpc) is 3.08. The highest BCUT2D eigenvalue weighted by atomic mass is 32.7. The van der Waals surface area contributed by atoms with Gasteiger partial charge in [-0.1, -0.05) is 73.9 Å². The van der Waals surface area contributed by atoms with E-state index in [0.29, 0.717) is 65.6 Å². The molecule has 0 aliphatic rings. The monoisotopic (exact) mass is 731 g/mol. The van der Waals surface area contributed by atoms with E-state index in [1.54, 1.807) is 0 Å². The summed E-state index contributed by atoms with van der Waals surface area (Å²) in [4.78, 5) is 51.1. The molecule has 14 heteroatoms. The zero-order valence-electron chi connectivity index (χ0n) is 30.3. The topological polar surface area (TPSA) is 116 Å². The molecule has 0 aliphatic carbocycles. The standard InChI is InChI=1S/C31H61N3O8.C2H6S.H3PS/c1-5-9-10-11-12-13-27-40-31(37)16-22-33(21-15-28-42-32-41-8-4)19-14-20-34(23-17-29(35)38-25-6-2)24-18-30(36)39-26-7-3;1-2-3;1-2/h32H,5-28H2,1-4H3;3H,2H2,1H3;2H,1H2. The predicted octanol–water partition coefficient (Wildman–Crippen LogP) is 6.47. The minimum absolute atomic E-state index is 0.166. The summed E-state index contributed by atoms with van der Waals surface area (Å²) in [6.07, 6.45) is 11.0. The quantitative estimate of drug-likeness (QED) is 0.0182. The molecule has 0 bridgehead atoms. The first-order chi connectivity index (χ1) is 22.9. The molecule has 0 saturated carbocycles. The first-order valence-corrected chi connectivity index (χ1v) is 20.3. The van der Waals surface area contributed by atoms with Crippen molar-refractivity contribution in [3.63, 3.8) is 0 Å². The van der Waals surface area contributed by atoms with Gasteiger partial charge in [-0.3, -0.25) is 24.1 Å². The number of thiol groups is 2. The number of ether oxygens (including phenoxy) is 3. The zero-order chi connectivity index (χ0) is 35.8. The van der Waals surface area contributed by atoms with Crippen molar-refractivity contribution < 1.29 is 38.3 Å². The second-order valence-corrected chi connectivity index (χ2v) is 11.4. The van der Waals surface area contributed by atoms with Gasteiger partial charge in [0.2, 0.25) is 0 Å². The van der Waals surface area contributed by atoms with E-state index in [1.807, 2.05) is 27.7 Å². The lowest BCUT2D eigenvalue weighted by Crippen LogP contribution is -2.35. The second-order valence-electron chi connectivity index (χ2n) is 10.8. The Kier molecular flexibility index (Phi) is 46.8. The van der Waals surface area contributed by atoms with Crippen molar-refractivity contribution in [1.29, 1.82) is 0 Å². The van der Waals surface area contributed by atoms with Gasteiger partial charge in [0.05, 0.1) is 52.3 Å². The average molecular weight is 732 g/mol. The Morgan fingerprint density at radius 2 is 0.957 bits per heavy atom. The molecule has 11 nitrogen and oxygen atoms in total. The third kappa shape index (κ3) is 41.4. The van der Waals surface area contributed by atoms with Gasteiger partial charge in [-0.05, 0) is 57.9 Å². The summed E-state index contributed by atoms with van der Waals surface area (Å²) in [5.74, 6) is 0.329. The van der Waals surface area contributed by atoms with Gasteiger partial charge in [0.15, 0.2) is 0 Å². The molecular weight excluding hydrogens is 661 g/mol. The summed E-state index contributed by atoms with van der Waals surface area (Å²) in [7, 11) is 2.11. The van der Waals surface area contributed by atoms with E-state index in [0.717, 1.165) is 57.4 Å². The van der Waals surface area contributed by atoms with Crippen molar-refractivity contribution >= 4 is 51.2 Å². The van der Waals surface area contributed by atoms with E-state index in [9.17, 15) is 14.4 Å². The summed E-state index contributed by atoms with van der Waals surface area (Å²) in [6, 6.07) is 0. The van der Waals surface area contributed by atoms with Crippen LogP contribution in [0.15, 0.2) is 0 Å². The van der Waals surface area contributed by atoms with Crippen molar-refractivity contribution in [3.8, 4) is 0 Å². The summed E-state index contributed by atoms with van der Waals surface area (Å²) < 4.78 is 15.9. The molecule has 282 valence electrons. The number of unbranched alkanes of at least 4 members (excludes halogenated alkanes) is 5. The molecule has 0 aromatic rings. The molecule has 0 radical (unpaired) electrons.